The lowest BCUT2D eigenvalue weighted by molar-refractivity contribution is -0.137. The Morgan fingerprint density at radius 3 is 2.52 bits per heavy atom. The van der Waals surface area contributed by atoms with Crippen LogP contribution in [0.5, 0.6) is 0 Å². The van der Waals surface area contributed by atoms with Crippen LogP contribution in [-0.2, 0) is 11.2 Å². The lowest BCUT2D eigenvalue weighted by Gasteiger charge is -2.10. The van der Waals surface area contributed by atoms with Gasteiger partial charge in [0, 0.05) is 16.6 Å². The van der Waals surface area contributed by atoms with Gasteiger partial charge in [0.05, 0.1) is 6.42 Å². The monoisotopic (exact) mass is 307 g/mol. The summed E-state index contributed by atoms with van der Waals surface area (Å²) >= 11 is 5.88. The van der Waals surface area contributed by atoms with Gasteiger partial charge >= 0.3 is 5.97 Å². The molecule has 0 heterocycles. The fourth-order valence-electron chi connectivity index (χ4n) is 2.14. The van der Waals surface area contributed by atoms with Gasteiger partial charge < -0.3 is 10.8 Å². The Balaban J connectivity index is 2.15. The highest BCUT2D eigenvalue weighted by molar-refractivity contribution is 6.30. The van der Waals surface area contributed by atoms with Crippen LogP contribution in [0.1, 0.15) is 12.0 Å². The topological polar surface area (TPSA) is 63.3 Å². The van der Waals surface area contributed by atoms with Crippen molar-refractivity contribution in [3.8, 4) is 11.1 Å². The standard InChI is InChI=1S/C16H15ClFNO2/c17-12-5-6-15(18)14(8-12)11-3-1-10(2-4-11)7-13(19)9-16(20)21/h1-6,8,13H,7,9,19H2,(H,20,21)/t13-/m1/s1. The van der Waals surface area contributed by atoms with Crippen LogP contribution >= 0.6 is 11.6 Å². The predicted molar refractivity (Wildman–Crippen MR) is 80.8 cm³/mol. The van der Waals surface area contributed by atoms with E-state index in [1.807, 2.05) is 12.1 Å². The summed E-state index contributed by atoms with van der Waals surface area (Å²) in [4.78, 5) is 10.6. The van der Waals surface area contributed by atoms with Crippen molar-refractivity contribution in [3.05, 3.63) is 58.9 Å². The van der Waals surface area contributed by atoms with Crippen molar-refractivity contribution in [1.29, 1.82) is 0 Å². The van der Waals surface area contributed by atoms with Crippen LogP contribution in [0.15, 0.2) is 42.5 Å². The van der Waals surface area contributed by atoms with E-state index in [1.165, 1.54) is 12.1 Å². The van der Waals surface area contributed by atoms with Crippen LogP contribution in [0.4, 0.5) is 4.39 Å². The van der Waals surface area contributed by atoms with Gasteiger partial charge in [0.25, 0.3) is 0 Å². The fraction of sp³-hybridized carbons (Fsp3) is 0.188. The molecule has 3 N–H and O–H groups in total. The van der Waals surface area contributed by atoms with E-state index in [-0.39, 0.29) is 12.2 Å². The van der Waals surface area contributed by atoms with Crippen LogP contribution in [0.2, 0.25) is 5.02 Å². The van der Waals surface area contributed by atoms with E-state index in [0.29, 0.717) is 22.6 Å². The smallest absolute Gasteiger partial charge is 0.304 e. The molecule has 2 aromatic carbocycles. The third-order valence-electron chi connectivity index (χ3n) is 3.13. The van der Waals surface area contributed by atoms with Crippen LogP contribution in [-0.4, -0.2) is 17.1 Å². The first-order valence-corrected chi connectivity index (χ1v) is 6.85. The summed E-state index contributed by atoms with van der Waals surface area (Å²) in [5, 5.41) is 9.15. The Kier molecular flexibility index (Phi) is 4.94. The number of halogens is 2. The minimum atomic E-state index is -0.917. The largest absolute Gasteiger partial charge is 0.481 e. The van der Waals surface area contributed by atoms with Crippen LogP contribution in [0.3, 0.4) is 0 Å². The van der Waals surface area contributed by atoms with Gasteiger partial charge in [0.2, 0.25) is 0 Å². The lowest BCUT2D eigenvalue weighted by atomic mass is 9.99. The van der Waals surface area contributed by atoms with Gasteiger partial charge in [-0.3, -0.25) is 4.79 Å². The Labute approximate surface area is 127 Å². The van der Waals surface area contributed by atoms with Crippen LogP contribution in [0.25, 0.3) is 11.1 Å². The molecule has 5 heteroatoms. The van der Waals surface area contributed by atoms with Crippen molar-refractivity contribution in [3.63, 3.8) is 0 Å². The summed E-state index contributed by atoms with van der Waals surface area (Å²) in [5.74, 6) is -1.25. The van der Waals surface area contributed by atoms with Crippen molar-refractivity contribution >= 4 is 17.6 Å². The van der Waals surface area contributed by atoms with Gasteiger partial charge in [-0.2, -0.15) is 0 Å². The van der Waals surface area contributed by atoms with Gasteiger partial charge in [-0.25, -0.2) is 4.39 Å². The summed E-state index contributed by atoms with van der Waals surface area (Å²) in [7, 11) is 0. The minimum Gasteiger partial charge on any atom is -0.481 e. The number of nitrogens with two attached hydrogens (primary N) is 1. The van der Waals surface area contributed by atoms with Crippen molar-refractivity contribution in [1.82, 2.24) is 0 Å². The Morgan fingerprint density at radius 2 is 1.90 bits per heavy atom. The van der Waals surface area contributed by atoms with Crippen LogP contribution < -0.4 is 5.73 Å². The predicted octanol–water partition coefficient (Wildman–Crippen LogP) is 3.49. The van der Waals surface area contributed by atoms with E-state index in [4.69, 9.17) is 22.4 Å². The van der Waals surface area contributed by atoms with Crippen LogP contribution in [0, 0.1) is 5.82 Å². The normalized spacial score (nSPS) is 12.1. The highest BCUT2D eigenvalue weighted by Crippen LogP contribution is 2.26. The molecule has 0 unspecified atom stereocenters. The maximum Gasteiger partial charge on any atom is 0.304 e. The van der Waals surface area contributed by atoms with E-state index in [2.05, 4.69) is 0 Å². The molecule has 0 radical (unpaired) electrons. The highest BCUT2D eigenvalue weighted by atomic mass is 35.5. The Hall–Kier alpha value is -1.91. The molecule has 21 heavy (non-hydrogen) atoms. The second-order valence-electron chi connectivity index (χ2n) is 4.88. The third kappa shape index (κ3) is 4.28. The van der Waals surface area contributed by atoms with Gasteiger partial charge in [0.1, 0.15) is 5.82 Å². The molecule has 0 aromatic heterocycles. The second kappa shape index (κ2) is 6.70. The SMILES string of the molecule is N[C@@H](CC(=O)O)Cc1ccc(-c2cc(Cl)ccc2F)cc1. The number of hydrogen-bond acceptors (Lipinski definition) is 2. The van der Waals surface area contributed by atoms with E-state index in [9.17, 15) is 9.18 Å². The maximum atomic E-state index is 13.8. The molecule has 0 fully saturated rings. The van der Waals surface area contributed by atoms with Crippen molar-refractivity contribution in [2.45, 2.75) is 18.9 Å². The molecule has 0 saturated heterocycles. The second-order valence-corrected chi connectivity index (χ2v) is 5.32. The summed E-state index contributed by atoms with van der Waals surface area (Å²) in [6.45, 7) is 0. The minimum absolute atomic E-state index is 0.0787. The van der Waals surface area contributed by atoms with E-state index in [0.717, 1.165) is 5.56 Å². The van der Waals surface area contributed by atoms with Crippen molar-refractivity contribution in [2.75, 3.05) is 0 Å². The summed E-state index contributed by atoms with van der Waals surface area (Å²) < 4.78 is 13.8. The van der Waals surface area contributed by atoms with Crippen molar-refractivity contribution in [2.24, 2.45) is 5.73 Å². The maximum absolute atomic E-state index is 13.8. The molecule has 3 nitrogen and oxygen atoms in total. The molecule has 0 amide bonds. The number of carboxylic acid groups (broad SMARTS) is 1. The lowest BCUT2D eigenvalue weighted by Crippen LogP contribution is -2.26. The van der Waals surface area contributed by atoms with Gasteiger partial charge in [-0.05, 0) is 35.7 Å². The molecule has 0 aliphatic heterocycles. The summed E-state index contributed by atoms with van der Waals surface area (Å²) in [6.07, 6.45) is 0.384. The zero-order valence-electron chi connectivity index (χ0n) is 11.2. The van der Waals surface area contributed by atoms with Gasteiger partial charge in [-0.15, -0.1) is 0 Å². The molecule has 0 aliphatic carbocycles. The molecule has 2 rings (SSSR count). The number of carboxylic acids is 1. The molecular formula is C16H15ClFNO2. The quantitative estimate of drug-likeness (QED) is 0.888. The van der Waals surface area contributed by atoms with Gasteiger partial charge in [-0.1, -0.05) is 35.9 Å². The third-order valence-corrected chi connectivity index (χ3v) is 3.36. The average molecular weight is 308 g/mol. The van der Waals surface area contributed by atoms with Gasteiger partial charge in [0.15, 0.2) is 0 Å². The summed E-state index contributed by atoms with van der Waals surface area (Å²) in [6, 6.07) is 11.1. The zero-order valence-corrected chi connectivity index (χ0v) is 12.0. The number of rotatable bonds is 5. The number of carbonyl (C=O) groups is 1. The summed E-state index contributed by atoms with van der Waals surface area (Å²) in [5.41, 5.74) is 7.80. The first kappa shape index (κ1) is 15.5. The number of benzene rings is 2. The molecule has 0 aliphatic rings. The van der Waals surface area contributed by atoms with E-state index < -0.39 is 12.0 Å². The molecule has 1 atom stereocenters. The Bertz CT molecular complexity index is 643. The Morgan fingerprint density at radius 1 is 1.24 bits per heavy atom. The first-order chi connectivity index (χ1) is 9.95. The first-order valence-electron chi connectivity index (χ1n) is 6.47. The molecule has 110 valence electrons. The molecule has 0 spiro atoms. The average Bonchev–Trinajstić information content (AvgIpc) is 2.41. The number of hydrogen-bond donors (Lipinski definition) is 2. The fourth-order valence-corrected chi connectivity index (χ4v) is 2.31. The van der Waals surface area contributed by atoms with Crippen molar-refractivity contribution < 1.29 is 14.3 Å². The number of aliphatic carboxylic acids is 1. The van der Waals surface area contributed by atoms with E-state index in [1.54, 1.807) is 18.2 Å². The molecular weight excluding hydrogens is 293 g/mol. The highest BCUT2D eigenvalue weighted by Gasteiger charge is 2.10. The zero-order chi connectivity index (χ0) is 15.4. The van der Waals surface area contributed by atoms with E-state index >= 15 is 0 Å². The molecule has 2 aromatic rings. The molecule has 0 saturated carbocycles. The molecule has 0 bridgehead atoms.